The van der Waals surface area contributed by atoms with Crippen LogP contribution in [0.2, 0.25) is 0 Å². The number of hydrogen-bond donors (Lipinski definition) is 2. The first kappa shape index (κ1) is 12.8. The summed E-state index contributed by atoms with van der Waals surface area (Å²) in [6.07, 6.45) is 1.96. The van der Waals surface area contributed by atoms with Crippen LogP contribution < -0.4 is 10.2 Å². The molecule has 0 saturated carbocycles. The molecule has 1 unspecified atom stereocenters. The highest BCUT2D eigenvalue weighted by Gasteiger charge is 2.41. The average Bonchev–Trinajstić information content (AvgIpc) is 2.74. The van der Waals surface area contributed by atoms with E-state index in [0.29, 0.717) is 22.2 Å². The van der Waals surface area contributed by atoms with Crippen molar-refractivity contribution in [1.82, 2.24) is 10.3 Å². The van der Waals surface area contributed by atoms with Gasteiger partial charge < -0.3 is 5.11 Å². The number of piperidine rings is 1. The number of nitrogens with one attached hydrogen (secondary N) is 1. The van der Waals surface area contributed by atoms with Gasteiger partial charge >= 0.3 is 0 Å². The second kappa shape index (κ2) is 4.27. The minimum Gasteiger partial charge on any atom is -0.508 e. The number of carbonyl (C=O) groups excluding carboxylic acids is 3. The zero-order valence-corrected chi connectivity index (χ0v) is 11.4. The molecule has 2 aliphatic heterocycles. The number of nitrogens with zero attached hydrogens (tertiary/aromatic N) is 2. The Bertz CT molecular complexity index is 861. The van der Waals surface area contributed by atoms with Crippen molar-refractivity contribution in [3.05, 3.63) is 30.0 Å². The first-order chi connectivity index (χ1) is 10.6. The van der Waals surface area contributed by atoms with E-state index >= 15 is 0 Å². The average molecular weight is 297 g/mol. The second-order valence-electron chi connectivity index (χ2n) is 5.37. The number of phenolic OH excluding ortho intramolecular Hbond substituents is 1. The number of aromatic hydroxyl groups is 1. The van der Waals surface area contributed by atoms with E-state index in [1.807, 2.05) is 0 Å². The molecule has 1 saturated heterocycles. The van der Waals surface area contributed by atoms with Crippen LogP contribution >= 0.6 is 0 Å². The van der Waals surface area contributed by atoms with Crippen molar-refractivity contribution in [2.75, 3.05) is 4.90 Å². The van der Waals surface area contributed by atoms with Crippen molar-refractivity contribution in [2.45, 2.75) is 18.9 Å². The van der Waals surface area contributed by atoms with Crippen molar-refractivity contribution in [2.24, 2.45) is 0 Å². The molecule has 2 aromatic rings. The molecule has 1 atom stereocenters. The molecule has 3 heterocycles. The Morgan fingerprint density at radius 1 is 1.27 bits per heavy atom. The van der Waals surface area contributed by atoms with Crippen molar-refractivity contribution < 1.29 is 19.5 Å². The number of hydrogen-bond acceptors (Lipinski definition) is 5. The number of benzene rings is 1. The molecule has 110 valence electrons. The lowest BCUT2D eigenvalue weighted by molar-refractivity contribution is -0.134. The fraction of sp³-hybridized carbons (Fsp3) is 0.200. The van der Waals surface area contributed by atoms with Gasteiger partial charge in [0.05, 0.1) is 5.56 Å². The lowest BCUT2D eigenvalue weighted by Gasteiger charge is -2.29. The summed E-state index contributed by atoms with van der Waals surface area (Å²) in [5, 5.41) is 13.3. The maximum atomic E-state index is 12.7. The summed E-state index contributed by atoms with van der Waals surface area (Å²) in [7, 11) is 0. The normalized spacial score (nSPS) is 20.6. The molecule has 0 aliphatic carbocycles. The largest absolute Gasteiger partial charge is 0.508 e. The van der Waals surface area contributed by atoms with E-state index in [2.05, 4.69) is 10.3 Å². The van der Waals surface area contributed by atoms with Crippen molar-refractivity contribution in [1.29, 1.82) is 0 Å². The van der Waals surface area contributed by atoms with Gasteiger partial charge in [-0.15, -0.1) is 0 Å². The van der Waals surface area contributed by atoms with Crippen molar-refractivity contribution >= 4 is 34.3 Å². The Kier molecular flexibility index (Phi) is 2.47. The molecule has 1 fully saturated rings. The molecular formula is C15H11N3O4. The van der Waals surface area contributed by atoms with E-state index in [-0.39, 0.29) is 30.4 Å². The summed E-state index contributed by atoms with van der Waals surface area (Å²) in [6.45, 7) is 0. The van der Waals surface area contributed by atoms with E-state index in [9.17, 15) is 19.5 Å². The SMILES string of the molecule is O=C1CCC(N2C(=O)c3cc(O)cc4ccnc2c34)C(=O)N1. The topological polar surface area (TPSA) is 99.6 Å². The molecule has 7 nitrogen and oxygen atoms in total. The fourth-order valence-electron chi connectivity index (χ4n) is 3.08. The Labute approximate surface area is 124 Å². The lowest BCUT2D eigenvalue weighted by Crippen LogP contribution is -2.53. The predicted octanol–water partition coefficient (Wildman–Crippen LogP) is 0.706. The van der Waals surface area contributed by atoms with Crippen LogP contribution in [0.25, 0.3) is 10.8 Å². The zero-order valence-electron chi connectivity index (χ0n) is 11.4. The predicted molar refractivity (Wildman–Crippen MR) is 76.4 cm³/mol. The van der Waals surface area contributed by atoms with Crippen LogP contribution in [0, 0.1) is 0 Å². The third kappa shape index (κ3) is 1.62. The van der Waals surface area contributed by atoms with E-state index in [1.54, 1.807) is 12.1 Å². The van der Waals surface area contributed by atoms with Gasteiger partial charge in [-0.05, 0) is 30.0 Å². The number of amides is 3. The van der Waals surface area contributed by atoms with Crippen molar-refractivity contribution in [3.63, 3.8) is 0 Å². The van der Waals surface area contributed by atoms with Gasteiger partial charge in [-0.1, -0.05) is 0 Å². The molecule has 1 aromatic heterocycles. The summed E-state index contributed by atoms with van der Waals surface area (Å²) in [6, 6.07) is 3.86. The minimum absolute atomic E-state index is 0.0156. The van der Waals surface area contributed by atoms with Gasteiger partial charge in [0, 0.05) is 18.0 Å². The smallest absolute Gasteiger partial charge is 0.261 e. The van der Waals surface area contributed by atoms with Gasteiger partial charge in [0.15, 0.2) is 0 Å². The Balaban J connectivity index is 1.88. The van der Waals surface area contributed by atoms with Gasteiger partial charge in [0.2, 0.25) is 11.8 Å². The number of carbonyl (C=O) groups is 3. The lowest BCUT2D eigenvalue weighted by atomic mass is 10.0. The van der Waals surface area contributed by atoms with Crippen LogP contribution in [0.5, 0.6) is 5.75 Å². The molecule has 7 heteroatoms. The number of rotatable bonds is 1. The number of imide groups is 1. The first-order valence-corrected chi connectivity index (χ1v) is 6.85. The molecule has 3 amide bonds. The van der Waals surface area contributed by atoms with Gasteiger partial charge in [-0.2, -0.15) is 0 Å². The summed E-state index contributed by atoms with van der Waals surface area (Å²) < 4.78 is 0. The Morgan fingerprint density at radius 2 is 2.09 bits per heavy atom. The molecule has 0 spiro atoms. The third-order valence-corrected chi connectivity index (χ3v) is 4.03. The third-order valence-electron chi connectivity index (χ3n) is 4.03. The van der Waals surface area contributed by atoms with Crippen LogP contribution in [0.1, 0.15) is 23.2 Å². The number of phenols is 1. The monoisotopic (exact) mass is 297 g/mol. The maximum absolute atomic E-state index is 12.7. The Morgan fingerprint density at radius 3 is 2.86 bits per heavy atom. The molecule has 4 rings (SSSR count). The van der Waals surface area contributed by atoms with Crippen LogP contribution in [-0.4, -0.2) is 33.9 Å². The van der Waals surface area contributed by atoms with Crippen LogP contribution in [0.4, 0.5) is 5.82 Å². The molecular weight excluding hydrogens is 286 g/mol. The van der Waals surface area contributed by atoms with E-state index in [4.69, 9.17) is 0 Å². The highest BCUT2D eigenvalue weighted by Crippen LogP contribution is 2.39. The van der Waals surface area contributed by atoms with Crippen LogP contribution in [0.15, 0.2) is 24.4 Å². The van der Waals surface area contributed by atoms with Gasteiger partial charge in [-0.3, -0.25) is 24.6 Å². The molecule has 1 aromatic carbocycles. The maximum Gasteiger partial charge on any atom is 0.261 e. The highest BCUT2D eigenvalue weighted by atomic mass is 16.3. The standard InChI is InChI=1S/C15H11N3O4/c19-8-5-7-3-4-16-13-12(7)9(6-8)15(22)18(13)10-1-2-11(20)17-14(10)21/h3-6,10,19H,1-2H2,(H,17,20,21). The van der Waals surface area contributed by atoms with Gasteiger partial charge in [0.25, 0.3) is 5.91 Å². The summed E-state index contributed by atoms with van der Waals surface area (Å²) in [5.41, 5.74) is 0.322. The fourth-order valence-corrected chi connectivity index (χ4v) is 3.08. The summed E-state index contributed by atoms with van der Waals surface area (Å²) in [5.74, 6) is -0.844. The number of pyridine rings is 1. The minimum atomic E-state index is -0.766. The van der Waals surface area contributed by atoms with E-state index < -0.39 is 11.9 Å². The van der Waals surface area contributed by atoms with E-state index in [0.717, 1.165) is 0 Å². The van der Waals surface area contributed by atoms with Gasteiger partial charge in [-0.25, -0.2) is 4.98 Å². The number of aromatic nitrogens is 1. The van der Waals surface area contributed by atoms with Crippen LogP contribution in [0.3, 0.4) is 0 Å². The highest BCUT2D eigenvalue weighted by molar-refractivity contribution is 6.26. The van der Waals surface area contributed by atoms with Crippen molar-refractivity contribution in [3.8, 4) is 5.75 Å². The second-order valence-corrected chi connectivity index (χ2v) is 5.37. The summed E-state index contributed by atoms with van der Waals surface area (Å²) in [4.78, 5) is 41.6. The molecule has 2 N–H and O–H groups in total. The Hall–Kier alpha value is -2.96. The molecule has 2 aliphatic rings. The quantitative estimate of drug-likeness (QED) is 0.755. The number of anilines is 1. The zero-order chi connectivity index (χ0) is 15.4. The van der Waals surface area contributed by atoms with Crippen LogP contribution in [-0.2, 0) is 9.59 Å². The van der Waals surface area contributed by atoms with E-state index in [1.165, 1.54) is 17.2 Å². The molecule has 0 radical (unpaired) electrons. The first-order valence-electron chi connectivity index (χ1n) is 6.85. The molecule has 0 bridgehead atoms. The summed E-state index contributed by atoms with van der Waals surface area (Å²) >= 11 is 0. The molecule has 22 heavy (non-hydrogen) atoms. The van der Waals surface area contributed by atoms with Gasteiger partial charge in [0.1, 0.15) is 17.6 Å².